The van der Waals surface area contributed by atoms with E-state index in [4.69, 9.17) is 10.1 Å². The second kappa shape index (κ2) is 9.02. The van der Waals surface area contributed by atoms with E-state index in [1.807, 2.05) is 67.6 Å². The standard InChI is InChI=1S/C25H20N2O3S/c1-17-6-5-7-19(14-17)15-22-23(28)27(16-18-10-12-20(13-11-18)24(29)30)25(31-22)26-21-8-3-2-4-9-21/h2-15H,16H2,1H3,(H,29,30)/b22-15+,26-25?. The summed E-state index contributed by atoms with van der Waals surface area (Å²) in [7, 11) is 0. The van der Waals surface area contributed by atoms with E-state index in [0.717, 1.165) is 22.4 Å². The number of carbonyl (C=O) groups excluding carboxylic acids is 1. The molecule has 0 aromatic heterocycles. The van der Waals surface area contributed by atoms with Crippen molar-refractivity contribution in [2.75, 3.05) is 0 Å². The maximum absolute atomic E-state index is 13.2. The minimum absolute atomic E-state index is 0.122. The molecule has 1 amide bonds. The number of amidine groups is 1. The van der Waals surface area contributed by atoms with Gasteiger partial charge < -0.3 is 5.11 Å². The molecular formula is C25H20N2O3S. The molecule has 3 aromatic carbocycles. The number of hydrogen-bond acceptors (Lipinski definition) is 4. The lowest BCUT2D eigenvalue weighted by Crippen LogP contribution is -2.28. The molecule has 0 atom stereocenters. The van der Waals surface area contributed by atoms with E-state index in [1.54, 1.807) is 29.2 Å². The molecule has 1 aliphatic heterocycles. The Kier molecular flexibility index (Phi) is 6.00. The summed E-state index contributed by atoms with van der Waals surface area (Å²) < 4.78 is 0. The Morgan fingerprint density at radius 3 is 2.45 bits per heavy atom. The zero-order valence-corrected chi connectivity index (χ0v) is 17.7. The number of hydrogen-bond donors (Lipinski definition) is 1. The first-order valence-corrected chi connectivity index (χ1v) is 10.6. The van der Waals surface area contributed by atoms with Gasteiger partial charge in [-0.05, 0) is 60.2 Å². The third kappa shape index (κ3) is 4.92. The van der Waals surface area contributed by atoms with Crippen LogP contribution >= 0.6 is 11.8 Å². The van der Waals surface area contributed by atoms with E-state index < -0.39 is 5.97 Å². The van der Waals surface area contributed by atoms with Crippen molar-refractivity contribution in [3.8, 4) is 0 Å². The molecule has 1 N–H and O–H groups in total. The largest absolute Gasteiger partial charge is 0.478 e. The number of carboxylic acids is 1. The Bertz CT molecular complexity index is 1180. The van der Waals surface area contributed by atoms with Crippen molar-refractivity contribution in [3.63, 3.8) is 0 Å². The highest BCUT2D eigenvalue weighted by Crippen LogP contribution is 2.35. The summed E-state index contributed by atoms with van der Waals surface area (Å²) in [5.74, 6) is -1.10. The van der Waals surface area contributed by atoms with Crippen molar-refractivity contribution in [3.05, 3.63) is 106 Å². The molecule has 1 heterocycles. The van der Waals surface area contributed by atoms with Crippen LogP contribution in [0.15, 0.2) is 88.8 Å². The van der Waals surface area contributed by atoms with Crippen LogP contribution < -0.4 is 0 Å². The van der Waals surface area contributed by atoms with Crippen molar-refractivity contribution in [1.82, 2.24) is 4.90 Å². The summed E-state index contributed by atoms with van der Waals surface area (Å²) in [6.07, 6.45) is 1.88. The molecule has 0 unspecified atom stereocenters. The van der Waals surface area contributed by atoms with Gasteiger partial charge in [0.15, 0.2) is 5.17 Å². The average molecular weight is 429 g/mol. The summed E-state index contributed by atoms with van der Waals surface area (Å²) in [4.78, 5) is 31.3. The average Bonchev–Trinajstić information content (AvgIpc) is 3.03. The molecule has 31 heavy (non-hydrogen) atoms. The van der Waals surface area contributed by atoms with Gasteiger partial charge in [-0.25, -0.2) is 9.79 Å². The molecule has 3 aromatic rings. The van der Waals surface area contributed by atoms with Crippen molar-refractivity contribution >= 4 is 40.6 Å². The third-order valence-corrected chi connectivity index (χ3v) is 5.76. The van der Waals surface area contributed by atoms with Crippen molar-refractivity contribution in [2.45, 2.75) is 13.5 Å². The predicted molar refractivity (Wildman–Crippen MR) is 124 cm³/mol. The maximum Gasteiger partial charge on any atom is 0.335 e. The molecule has 0 spiro atoms. The smallest absolute Gasteiger partial charge is 0.335 e. The number of nitrogens with zero attached hydrogens (tertiary/aromatic N) is 2. The van der Waals surface area contributed by atoms with Gasteiger partial charge in [0.05, 0.1) is 22.7 Å². The van der Waals surface area contributed by atoms with Crippen LogP contribution in [0.2, 0.25) is 0 Å². The first-order valence-electron chi connectivity index (χ1n) is 9.74. The molecule has 1 saturated heterocycles. The van der Waals surface area contributed by atoms with E-state index in [2.05, 4.69) is 0 Å². The number of benzene rings is 3. The van der Waals surface area contributed by atoms with Crippen LogP contribution in [0.3, 0.4) is 0 Å². The van der Waals surface area contributed by atoms with Crippen molar-refractivity contribution in [1.29, 1.82) is 0 Å². The number of amides is 1. The van der Waals surface area contributed by atoms with Crippen LogP contribution in [0.5, 0.6) is 0 Å². The highest BCUT2D eigenvalue weighted by Gasteiger charge is 2.33. The molecule has 4 rings (SSSR count). The zero-order valence-electron chi connectivity index (χ0n) is 16.9. The summed E-state index contributed by atoms with van der Waals surface area (Å²) in [6, 6.07) is 24.0. The molecule has 0 saturated carbocycles. The zero-order chi connectivity index (χ0) is 21.8. The summed E-state index contributed by atoms with van der Waals surface area (Å²) in [6.45, 7) is 2.32. The lowest BCUT2D eigenvalue weighted by atomic mass is 10.1. The van der Waals surface area contributed by atoms with Gasteiger partial charge in [0.2, 0.25) is 0 Å². The molecule has 0 radical (unpaired) electrons. The minimum atomic E-state index is -0.978. The second-order valence-electron chi connectivity index (χ2n) is 7.15. The van der Waals surface area contributed by atoms with Gasteiger partial charge in [-0.15, -0.1) is 0 Å². The van der Waals surface area contributed by atoms with E-state index in [-0.39, 0.29) is 11.5 Å². The van der Waals surface area contributed by atoms with Crippen LogP contribution in [0.25, 0.3) is 6.08 Å². The van der Waals surface area contributed by atoms with Crippen LogP contribution in [-0.4, -0.2) is 27.1 Å². The van der Waals surface area contributed by atoms with Gasteiger partial charge in [0.1, 0.15) is 0 Å². The first kappa shape index (κ1) is 20.6. The Balaban J connectivity index is 1.67. The van der Waals surface area contributed by atoms with Gasteiger partial charge in [-0.1, -0.05) is 60.2 Å². The van der Waals surface area contributed by atoms with Crippen LogP contribution in [-0.2, 0) is 11.3 Å². The number of thioether (sulfide) groups is 1. The Labute approximate surface area is 184 Å². The minimum Gasteiger partial charge on any atom is -0.478 e. The number of aromatic carboxylic acids is 1. The normalized spacial score (nSPS) is 16.3. The van der Waals surface area contributed by atoms with Gasteiger partial charge in [0.25, 0.3) is 5.91 Å². The fourth-order valence-corrected chi connectivity index (χ4v) is 4.19. The molecule has 1 aliphatic rings. The summed E-state index contributed by atoms with van der Waals surface area (Å²) >= 11 is 1.34. The Morgan fingerprint density at radius 2 is 1.77 bits per heavy atom. The van der Waals surface area contributed by atoms with Gasteiger partial charge in [-0.2, -0.15) is 0 Å². The first-order chi connectivity index (χ1) is 15.0. The van der Waals surface area contributed by atoms with Crippen molar-refractivity contribution in [2.24, 2.45) is 4.99 Å². The molecule has 1 fully saturated rings. The SMILES string of the molecule is Cc1cccc(/C=C2/SC(=Nc3ccccc3)N(Cc3ccc(C(=O)O)cc3)C2=O)c1. The molecule has 6 heteroatoms. The lowest BCUT2D eigenvalue weighted by Gasteiger charge is -2.16. The fourth-order valence-electron chi connectivity index (χ4n) is 3.19. The Morgan fingerprint density at radius 1 is 1.03 bits per heavy atom. The maximum atomic E-state index is 13.2. The van der Waals surface area contributed by atoms with Crippen LogP contribution in [0, 0.1) is 6.92 Å². The number of para-hydroxylation sites is 1. The van der Waals surface area contributed by atoms with Crippen LogP contribution in [0.4, 0.5) is 5.69 Å². The van der Waals surface area contributed by atoms with Gasteiger partial charge in [0, 0.05) is 0 Å². The van der Waals surface area contributed by atoms with Crippen molar-refractivity contribution < 1.29 is 14.7 Å². The van der Waals surface area contributed by atoms with E-state index >= 15 is 0 Å². The lowest BCUT2D eigenvalue weighted by molar-refractivity contribution is -0.122. The number of rotatable bonds is 5. The summed E-state index contributed by atoms with van der Waals surface area (Å²) in [5.41, 5.74) is 3.89. The monoisotopic (exact) mass is 428 g/mol. The number of aliphatic imine (C=N–C) groups is 1. The fraction of sp³-hybridized carbons (Fsp3) is 0.0800. The van der Waals surface area contributed by atoms with E-state index in [9.17, 15) is 9.59 Å². The van der Waals surface area contributed by atoms with Gasteiger partial charge in [-0.3, -0.25) is 9.69 Å². The highest BCUT2D eigenvalue weighted by atomic mass is 32.2. The quantitative estimate of drug-likeness (QED) is 0.545. The van der Waals surface area contributed by atoms with Crippen LogP contribution in [0.1, 0.15) is 27.0 Å². The second-order valence-corrected chi connectivity index (χ2v) is 8.16. The summed E-state index contributed by atoms with van der Waals surface area (Å²) in [5, 5.41) is 9.70. The molecule has 0 bridgehead atoms. The van der Waals surface area contributed by atoms with Gasteiger partial charge >= 0.3 is 5.97 Å². The third-order valence-electron chi connectivity index (χ3n) is 4.75. The number of aryl methyl sites for hydroxylation is 1. The topological polar surface area (TPSA) is 70.0 Å². The predicted octanol–water partition coefficient (Wildman–Crippen LogP) is 5.50. The number of carboxylic acid groups (broad SMARTS) is 1. The highest BCUT2D eigenvalue weighted by molar-refractivity contribution is 8.18. The van der Waals surface area contributed by atoms with E-state index in [1.165, 1.54) is 11.8 Å². The molecule has 5 nitrogen and oxygen atoms in total. The van der Waals surface area contributed by atoms with E-state index in [0.29, 0.717) is 16.6 Å². The molecular weight excluding hydrogens is 408 g/mol. The Hall–Kier alpha value is -3.64. The molecule has 0 aliphatic carbocycles. The number of carbonyl (C=O) groups is 2. The molecule has 154 valence electrons.